The van der Waals surface area contributed by atoms with Crippen LogP contribution in [0.5, 0.6) is 0 Å². The fraction of sp³-hybridized carbons (Fsp3) is 0.667. The third kappa shape index (κ3) is 3.81. The van der Waals surface area contributed by atoms with E-state index in [1.165, 1.54) is 44.1 Å². The molecule has 17 heavy (non-hydrogen) atoms. The highest BCUT2D eigenvalue weighted by atomic mass is 14.9. The number of aromatic nitrogens is 1. The Bertz CT molecular complexity index is 304. The molecule has 1 fully saturated rings. The molecule has 1 aliphatic carbocycles. The van der Waals surface area contributed by atoms with Crippen molar-refractivity contribution in [3.63, 3.8) is 0 Å². The van der Waals surface area contributed by atoms with Gasteiger partial charge < -0.3 is 5.32 Å². The Labute approximate surface area is 105 Å². The van der Waals surface area contributed by atoms with Crippen molar-refractivity contribution in [3.8, 4) is 0 Å². The van der Waals surface area contributed by atoms with Crippen molar-refractivity contribution in [1.29, 1.82) is 0 Å². The van der Waals surface area contributed by atoms with Gasteiger partial charge in [-0.2, -0.15) is 0 Å². The lowest BCUT2D eigenvalue weighted by atomic mass is 9.94. The third-order valence-corrected chi connectivity index (χ3v) is 3.77. The van der Waals surface area contributed by atoms with Gasteiger partial charge >= 0.3 is 0 Å². The first-order chi connectivity index (χ1) is 8.40. The summed E-state index contributed by atoms with van der Waals surface area (Å²) in [6.07, 6.45) is 12.1. The lowest BCUT2D eigenvalue weighted by Crippen LogP contribution is -2.24. The SMILES string of the molecule is CCCNC(CC1CCCC1)c1cccnc1. The summed E-state index contributed by atoms with van der Waals surface area (Å²) in [4.78, 5) is 4.25. The van der Waals surface area contributed by atoms with E-state index in [2.05, 4.69) is 23.3 Å². The van der Waals surface area contributed by atoms with Gasteiger partial charge in [0.25, 0.3) is 0 Å². The van der Waals surface area contributed by atoms with Crippen LogP contribution < -0.4 is 5.32 Å². The number of hydrogen-bond acceptors (Lipinski definition) is 2. The number of nitrogens with one attached hydrogen (secondary N) is 1. The van der Waals surface area contributed by atoms with E-state index in [1.54, 1.807) is 0 Å². The minimum atomic E-state index is 0.506. The topological polar surface area (TPSA) is 24.9 Å². The number of rotatable bonds is 6. The van der Waals surface area contributed by atoms with E-state index in [0.29, 0.717) is 6.04 Å². The second kappa shape index (κ2) is 6.75. The normalized spacial score (nSPS) is 18.4. The Morgan fingerprint density at radius 1 is 1.41 bits per heavy atom. The van der Waals surface area contributed by atoms with Crippen LogP contribution in [0.4, 0.5) is 0 Å². The predicted molar refractivity (Wildman–Crippen MR) is 71.8 cm³/mol. The van der Waals surface area contributed by atoms with Crippen LogP contribution in [0.3, 0.4) is 0 Å². The summed E-state index contributed by atoms with van der Waals surface area (Å²) in [5.41, 5.74) is 1.35. The Kier molecular flexibility index (Phi) is 4.99. The van der Waals surface area contributed by atoms with E-state index in [9.17, 15) is 0 Å². The standard InChI is InChI=1S/C15H24N2/c1-2-9-17-15(11-13-6-3-4-7-13)14-8-5-10-16-12-14/h5,8,10,12-13,15,17H,2-4,6-7,9,11H2,1H3. The first-order valence-corrected chi connectivity index (χ1v) is 7.03. The van der Waals surface area contributed by atoms with Gasteiger partial charge in [-0.05, 0) is 36.9 Å². The zero-order chi connectivity index (χ0) is 11.9. The highest BCUT2D eigenvalue weighted by molar-refractivity contribution is 5.14. The molecule has 0 bridgehead atoms. The average molecular weight is 232 g/mol. The van der Waals surface area contributed by atoms with E-state index < -0.39 is 0 Å². The molecule has 2 heteroatoms. The summed E-state index contributed by atoms with van der Waals surface area (Å²) in [6.45, 7) is 3.33. The lowest BCUT2D eigenvalue weighted by Gasteiger charge is -2.22. The van der Waals surface area contributed by atoms with Crippen molar-refractivity contribution >= 4 is 0 Å². The number of nitrogens with zero attached hydrogens (tertiary/aromatic N) is 1. The second-order valence-electron chi connectivity index (χ2n) is 5.18. The van der Waals surface area contributed by atoms with Crippen molar-refractivity contribution < 1.29 is 0 Å². The van der Waals surface area contributed by atoms with E-state index in [1.807, 2.05) is 18.5 Å². The molecule has 0 spiro atoms. The molecule has 1 aromatic heterocycles. The van der Waals surface area contributed by atoms with Gasteiger partial charge in [0.1, 0.15) is 0 Å². The fourth-order valence-corrected chi connectivity index (χ4v) is 2.82. The summed E-state index contributed by atoms with van der Waals surface area (Å²) in [6, 6.07) is 4.76. The Morgan fingerprint density at radius 2 is 2.24 bits per heavy atom. The fourth-order valence-electron chi connectivity index (χ4n) is 2.82. The van der Waals surface area contributed by atoms with E-state index in [0.717, 1.165) is 12.5 Å². The maximum absolute atomic E-state index is 4.25. The molecule has 1 saturated carbocycles. The Morgan fingerprint density at radius 3 is 2.88 bits per heavy atom. The van der Waals surface area contributed by atoms with Crippen LogP contribution >= 0.6 is 0 Å². The Hall–Kier alpha value is -0.890. The quantitative estimate of drug-likeness (QED) is 0.809. The molecule has 1 N–H and O–H groups in total. The van der Waals surface area contributed by atoms with Gasteiger partial charge in [-0.1, -0.05) is 38.7 Å². The van der Waals surface area contributed by atoms with Crippen LogP contribution in [-0.4, -0.2) is 11.5 Å². The van der Waals surface area contributed by atoms with Crippen molar-refractivity contribution in [2.75, 3.05) is 6.54 Å². The largest absolute Gasteiger partial charge is 0.310 e. The minimum absolute atomic E-state index is 0.506. The molecule has 2 nitrogen and oxygen atoms in total. The predicted octanol–water partition coefficient (Wildman–Crippen LogP) is 3.70. The number of pyridine rings is 1. The summed E-state index contributed by atoms with van der Waals surface area (Å²) < 4.78 is 0. The highest BCUT2D eigenvalue weighted by Gasteiger charge is 2.20. The molecule has 0 aliphatic heterocycles. The number of hydrogen-bond donors (Lipinski definition) is 1. The van der Waals surface area contributed by atoms with Crippen LogP contribution in [0.2, 0.25) is 0 Å². The molecule has 0 radical (unpaired) electrons. The molecule has 1 aliphatic rings. The molecular weight excluding hydrogens is 208 g/mol. The van der Waals surface area contributed by atoms with Gasteiger partial charge in [0.05, 0.1) is 0 Å². The van der Waals surface area contributed by atoms with Crippen LogP contribution in [0.25, 0.3) is 0 Å². The summed E-state index contributed by atoms with van der Waals surface area (Å²) >= 11 is 0. The molecule has 0 saturated heterocycles. The first-order valence-electron chi connectivity index (χ1n) is 7.03. The van der Waals surface area contributed by atoms with Crippen LogP contribution in [0, 0.1) is 5.92 Å². The van der Waals surface area contributed by atoms with Gasteiger partial charge in [0.2, 0.25) is 0 Å². The van der Waals surface area contributed by atoms with Crippen molar-refractivity contribution in [3.05, 3.63) is 30.1 Å². The summed E-state index contributed by atoms with van der Waals surface area (Å²) in [5, 5.41) is 3.67. The van der Waals surface area contributed by atoms with Gasteiger partial charge in [0.15, 0.2) is 0 Å². The van der Waals surface area contributed by atoms with Gasteiger partial charge in [-0.3, -0.25) is 4.98 Å². The average Bonchev–Trinajstić information content (AvgIpc) is 2.88. The summed E-state index contributed by atoms with van der Waals surface area (Å²) in [7, 11) is 0. The highest BCUT2D eigenvalue weighted by Crippen LogP contribution is 2.32. The third-order valence-electron chi connectivity index (χ3n) is 3.77. The van der Waals surface area contributed by atoms with E-state index >= 15 is 0 Å². The van der Waals surface area contributed by atoms with Crippen molar-refractivity contribution in [1.82, 2.24) is 10.3 Å². The monoisotopic (exact) mass is 232 g/mol. The zero-order valence-electron chi connectivity index (χ0n) is 10.9. The first kappa shape index (κ1) is 12.6. The van der Waals surface area contributed by atoms with E-state index in [4.69, 9.17) is 0 Å². The van der Waals surface area contributed by atoms with Gasteiger partial charge in [-0.15, -0.1) is 0 Å². The lowest BCUT2D eigenvalue weighted by molar-refractivity contribution is 0.394. The minimum Gasteiger partial charge on any atom is -0.310 e. The molecule has 1 aromatic rings. The van der Waals surface area contributed by atoms with Crippen LogP contribution in [0.15, 0.2) is 24.5 Å². The summed E-state index contributed by atoms with van der Waals surface area (Å²) in [5.74, 6) is 0.921. The Balaban J connectivity index is 1.97. The maximum Gasteiger partial charge on any atom is 0.0338 e. The molecule has 94 valence electrons. The molecule has 2 rings (SSSR count). The van der Waals surface area contributed by atoms with Gasteiger partial charge in [-0.25, -0.2) is 0 Å². The molecular formula is C15H24N2. The van der Waals surface area contributed by atoms with Crippen LogP contribution in [-0.2, 0) is 0 Å². The maximum atomic E-state index is 4.25. The van der Waals surface area contributed by atoms with E-state index in [-0.39, 0.29) is 0 Å². The van der Waals surface area contributed by atoms with Crippen molar-refractivity contribution in [2.45, 2.75) is 51.5 Å². The molecule has 1 heterocycles. The smallest absolute Gasteiger partial charge is 0.0338 e. The zero-order valence-corrected chi connectivity index (χ0v) is 10.9. The van der Waals surface area contributed by atoms with Crippen molar-refractivity contribution in [2.24, 2.45) is 5.92 Å². The second-order valence-corrected chi connectivity index (χ2v) is 5.18. The molecule has 1 atom stereocenters. The molecule has 1 unspecified atom stereocenters. The molecule has 0 amide bonds. The van der Waals surface area contributed by atoms with Gasteiger partial charge in [0, 0.05) is 18.4 Å². The van der Waals surface area contributed by atoms with Crippen LogP contribution in [0.1, 0.15) is 57.1 Å². The molecule has 0 aromatic carbocycles.